The summed E-state index contributed by atoms with van der Waals surface area (Å²) < 4.78 is 0. The van der Waals surface area contributed by atoms with Crippen LogP contribution < -0.4 is 19.5 Å². The molecule has 3 aliphatic rings. The van der Waals surface area contributed by atoms with Crippen LogP contribution in [0.3, 0.4) is 0 Å². The van der Waals surface area contributed by atoms with E-state index in [2.05, 4.69) is 68.0 Å². The number of rotatable bonds is 6. The lowest BCUT2D eigenvalue weighted by Crippen LogP contribution is -2.46. The lowest BCUT2D eigenvalue weighted by atomic mass is 10.1. The zero-order valence-corrected chi connectivity index (χ0v) is 22.3. The monoisotopic (exact) mass is 526 g/mol. The summed E-state index contributed by atoms with van der Waals surface area (Å²) in [6.45, 7) is 3.93. The highest BCUT2D eigenvalue weighted by molar-refractivity contribution is 6.26. The van der Waals surface area contributed by atoms with Crippen LogP contribution in [0.2, 0.25) is 0 Å². The van der Waals surface area contributed by atoms with E-state index in [-0.39, 0.29) is 0 Å². The van der Waals surface area contributed by atoms with Gasteiger partial charge in [-0.25, -0.2) is 0 Å². The van der Waals surface area contributed by atoms with E-state index < -0.39 is 0 Å². The Hall–Kier alpha value is -2.44. The Bertz CT molecular complexity index is 947. The van der Waals surface area contributed by atoms with Gasteiger partial charge in [0, 0.05) is 72.2 Å². The van der Waals surface area contributed by atoms with Gasteiger partial charge in [-0.15, -0.1) is 0 Å². The first-order valence-electron chi connectivity index (χ1n) is 13.3. The highest BCUT2D eigenvalue weighted by Crippen LogP contribution is 2.25. The fourth-order valence-corrected chi connectivity index (χ4v) is 5.94. The van der Waals surface area contributed by atoms with Crippen LogP contribution in [0.25, 0.3) is 0 Å². The number of anilines is 2. The standard InChI is InChI=1S/C28H36Cl2N6/c29-33-27(31-23-5-1-2-6-23)21-9-13-25(14-10-21)35-17-19-36(20-18-35)26-15-11-22(12-16-26)28(34-30)32-24-7-3-4-8-24/h9-16,23-24H,1-8,17-20H2,(H,31,33)(H,32,34). The molecule has 0 atom stereocenters. The molecule has 1 saturated heterocycles. The quantitative estimate of drug-likeness (QED) is 0.280. The summed E-state index contributed by atoms with van der Waals surface area (Å²) in [6, 6.07) is 18.0. The first-order chi connectivity index (χ1) is 17.7. The van der Waals surface area contributed by atoms with Crippen LogP contribution in [0.5, 0.6) is 0 Å². The van der Waals surface area contributed by atoms with Gasteiger partial charge in [0.15, 0.2) is 0 Å². The second-order valence-electron chi connectivity index (χ2n) is 10.1. The van der Waals surface area contributed by atoms with Gasteiger partial charge in [0.25, 0.3) is 0 Å². The normalized spacial score (nSPS) is 20.3. The van der Waals surface area contributed by atoms with Gasteiger partial charge in [0.1, 0.15) is 11.7 Å². The summed E-state index contributed by atoms with van der Waals surface area (Å²) in [6.07, 6.45) is 9.69. The second kappa shape index (κ2) is 12.2. The zero-order valence-electron chi connectivity index (χ0n) is 20.8. The summed E-state index contributed by atoms with van der Waals surface area (Å²) in [5.41, 5.74) is 4.57. The summed E-state index contributed by atoms with van der Waals surface area (Å²) in [4.78, 5) is 20.1. The molecule has 2 N–H and O–H groups in total. The molecule has 5 rings (SSSR count). The highest BCUT2D eigenvalue weighted by Gasteiger charge is 2.20. The molecule has 0 amide bonds. The maximum absolute atomic E-state index is 6.00. The Kier molecular flexibility index (Phi) is 8.55. The van der Waals surface area contributed by atoms with E-state index in [1.165, 1.54) is 37.1 Å². The van der Waals surface area contributed by atoms with E-state index >= 15 is 0 Å². The molecule has 0 unspecified atom stereocenters. The molecule has 6 nitrogen and oxygen atoms in total. The van der Waals surface area contributed by atoms with E-state index in [0.717, 1.165) is 74.7 Å². The van der Waals surface area contributed by atoms with Crippen molar-refractivity contribution in [3.05, 3.63) is 59.7 Å². The number of amidine groups is 2. The minimum absolute atomic E-state index is 0.394. The number of nitrogens with zero attached hydrogens (tertiary/aromatic N) is 4. The van der Waals surface area contributed by atoms with Gasteiger partial charge < -0.3 is 9.80 Å². The lowest BCUT2D eigenvalue weighted by Gasteiger charge is -2.37. The molecule has 2 aliphatic carbocycles. The van der Waals surface area contributed by atoms with E-state index in [1.54, 1.807) is 0 Å². The first-order valence-corrected chi connectivity index (χ1v) is 14.1. The molecule has 0 radical (unpaired) electrons. The van der Waals surface area contributed by atoms with Crippen molar-refractivity contribution < 1.29 is 0 Å². The molecule has 2 saturated carbocycles. The smallest absolute Gasteiger partial charge is 0.143 e. The van der Waals surface area contributed by atoms with E-state index in [0.29, 0.717) is 12.1 Å². The van der Waals surface area contributed by atoms with Crippen LogP contribution in [-0.2, 0) is 0 Å². The van der Waals surface area contributed by atoms with Crippen LogP contribution >= 0.6 is 23.6 Å². The largest absolute Gasteiger partial charge is 0.368 e. The van der Waals surface area contributed by atoms with Crippen molar-refractivity contribution in [2.45, 2.75) is 63.5 Å². The molecular weight excluding hydrogens is 491 g/mol. The Labute approximate surface area is 225 Å². The third-order valence-electron chi connectivity index (χ3n) is 7.74. The van der Waals surface area contributed by atoms with Crippen molar-refractivity contribution in [3.8, 4) is 0 Å². The van der Waals surface area contributed by atoms with Gasteiger partial charge in [-0.1, -0.05) is 25.7 Å². The molecule has 192 valence electrons. The van der Waals surface area contributed by atoms with Gasteiger partial charge in [-0.3, -0.25) is 19.7 Å². The second-order valence-corrected chi connectivity index (χ2v) is 10.5. The molecule has 1 aliphatic heterocycles. The van der Waals surface area contributed by atoms with Gasteiger partial charge >= 0.3 is 0 Å². The molecule has 36 heavy (non-hydrogen) atoms. The SMILES string of the molecule is ClNC(=NC1CCCC1)c1ccc(N2CCN(c3ccc(C(=NC4CCCC4)NCl)cc3)CC2)cc1. The molecule has 2 aromatic carbocycles. The highest BCUT2D eigenvalue weighted by atomic mass is 35.5. The number of aliphatic imine (C=N–C) groups is 2. The predicted molar refractivity (Wildman–Crippen MR) is 153 cm³/mol. The average Bonchev–Trinajstić information content (AvgIpc) is 3.65. The minimum atomic E-state index is 0.394. The van der Waals surface area contributed by atoms with Gasteiger partial charge in [0.05, 0.1) is 12.1 Å². The number of halogens is 2. The summed E-state index contributed by atoms with van der Waals surface area (Å²) in [5.74, 6) is 1.56. The zero-order chi connectivity index (χ0) is 24.7. The maximum Gasteiger partial charge on any atom is 0.143 e. The number of hydrogen-bond donors (Lipinski definition) is 2. The van der Waals surface area contributed by atoms with Crippen LogP contribution in [-0.4, -0.2) is 49.9 Å². The summed E-state index contributed by atoms with van der Waals surface area (Å²) in [7, 11) is 0. The fourth-order valence-electron chi connectivity index (χ4n) is 5.62. The van der Waals surface area contributed by atoms with Crippen molar-refractivity contribution in [1.82, 2.24) is 9.67 Å². The minimum Gasteiger partial charge on any atom is -0.368 e. The molecule has 0 aromatic heterocycles. The van der Waals surface area contributed by atoms with Crippen LogP contribution in [0.1, 0.15) is 62.5 Å². The topological polar surface area (TPSA) is 55.3 Å². The van der Waals surface area contributed by atoms with E-state index in [1.807, 2.05) is 0 Å². The van der Waals surface area contributed by atoms with Crippen molar-refractivity contribution in [1.29, 1.82) is 0 Å². The van der Waals surface area contributed by atoms with E-state index in [9.17, 15) is 0 Å². The lowest BCUT2D eigenvalue weighted by molar-refractivity contribution is 0.653. The van der Waals surface area contributed by atoms with Crippen LogP contribution in [0, 0.1) is 0 Å². The summed E-state index contributed by atoms with van der Waals surface area (Å²) >= 11 is 12.0. The number of piperazine rings is 1. The molecule has 8 heteroatoms. The Morgan fingerprint density at radius 2 is 0.917 bits per heavy atom. The van der Waals surface area contributed by atoms with Gasteiger partial charge in [-0.2, -0.15) is 0 Å². The number of nitrogens with one attached hydrogen (secondary N) is 2. The Balaban J connectivity index is 1.17. The molecular formula is C28H36Cl2N6. The summed E-state index contributed by atoms with van der Waals surface area (Å²) in [5, 5.41) is 0. The van der Waals surface area contributed by atoms with Crippen molar-refractivity contribution in [3.63, 3.8) is 0 Å². The predicted octanol–water partition coefficient (Wildman–Crippen LogP) is 5.88. The number of benzene rings is 2. The molecule has 0 bridgehead atoms. The molecule has 0 spiro atoms. The molecule has 1 heterocycles. The number of hydrogen-bond acceptors (Lipinski definition) is 4. The van der Waals surface area contributed by atoms with Gasteiger partial charge in [0.2, 0.25) is 0 Å². The van der Waals surface area contributed by atoms with Crippen molar-refractivity contribution >= 4 is 46.6 Å². The fraction of sp³-hybridized carbons (Fsp3) is 0.500. The van der Waals surface area contributed by atoms with Crippen LogP contribution in [0.4, 0.5) is 11.4 Å². The average molecular weight is 528 g/mol. The first kappa shape index (κ1) is 25.2. The van der Waals surface area contributed by atoms with E-state index in [4.69, 9.17) is 33.5 Å². The maximum atomic E-state index is 6.00. The van der Waals surface area contributed by atoms with Crippen molar-refractivity contribution in [2.75, 3.05) is 36.0 Å². The van der Waals surface area contributed by atoms with Gasteiger partial charge in [-0.05, 0) is 74.2 Å². The third kappa shape index (κ3) is 6.09. The molecule has 2 aromatic rings. The molecule has 3 fully saturated rings. The Morgan fingerprint density at radius 3 is 1.22 bits per heavy atom. The van der Waals surface area contributed by atoms with Crippen LogP contribution in [0.15, 0.2) is 58.5 Å². The van der Waals surface area contributed by atoms with Crippen molar-refractivity contribution in [2.24, 2.45) is 9.98 Å². The third-order valence-corrected chi connectivity index (χ3v) is 8.10. The Morgan fingerprint density at radius 1 is 0.583 bits per heavy atom.